The fourth-order valence-corrected chi connectivity index (χ4v) is 2.49. The summed E-state index contributed by atoms with van der Waals surface area (Å²) in [6.45, 7) is 2.12. The maximum atomic E-state index is 10.9. The molecule has 0 aliphatic carbocycles. The summed E-state index contributed by atoms with van der Waals surface area (Å²) in [5, 5.41) is 9.63. The van der Waals surface area contributed by atoms with Crippen LogP contribution in [0.25, 0.3) is 5.65 Å². The number of carboxylic acids is 1. The number of carbonyl (C=O) groups is 1. The van der Waals surface area contributed by atoms with E-state index in [0.717, 1.165) is 11.3 Å². The molecule has 0 radical (unpaired) electrons. The number of aromatic nitrogens is 2. The van der Waals surface area contributed by atoms with Crippen molar-refractivity contribution < 1.29 is 14.6 Å². The summed E-state index contributed by atoms with van der Waals surface area (Å²) in [7, 11) is 0. The number of hydrogen-bond donors (Lipinski definition) is 1. The van der Waals surface area contributed by atoms with Crippen molar-refractivity contribution in [1.82, 2.24) is 14.3 Å². The minimum Gasteiger partial charge on any atom is -0.479 e. The Kier molecular flexibility index (Phi) is 3.60. The van der Waals surface area contributed by atoms with Crippen LogP contribution in [0.5, 0.6) is 0 Å². The second-order valence-electron chi connectivity index (χ2n) is 4.78. The average Bonchev–Trinajstić information content (AvgIpc) is 2.80. The molecule has 0 saturated carbocycles. The van der Waals surface area contributed by atoms with Crippen LogP contribution in [0.2, 0.25) is 5.02 Å². The minimum atomic E-state index is -0.920. The molecule has 1 fully saturated rings. The van der Waals surface area contributed by atoms with Gasteiger partial charge in [-0.1, -0.05) is 11.6 Å². The van der Waals surface area contributed by atoms with E-state index in [2.05, 4.69) is 4.98 Å². The van der Waals surface area contributed by atoms with Gasteiger partial charge >= 0.3 is 5.97 Å². The van der Waals surface area contributed by atoms with Gasteiger partial charge in [0, 0.05) is 32.0 Å². The lowest BCUT2D eigenvalue weighted by Gasteiger charge is -2.30. The maximum Gasteiger partial charge on any atom is 0.334 e. The van der Waals surface area contributed by atoms with Crippen molar-refractivity contribution in [2.75, 3.05) is 19.7 Å². The number of hydrogen-bond acceptors (Lipinski definition) is 4. The minimum absolute atomic E-state index is 0.379. The lowest BCUT2D eigenvalue weighted by molar-refractivity contribution is -0.156. The van der Waals surface area contributed by atoms with E-state index in [1.807, 2.05) is 21.6 Å². The standard InChI is InChI=1S/C13H14ClN3O3/c14-9-1-2-12-15-10(7-17(12)5-9)6-16-3-4-20-11(8-16)13(18)19/h1-2,5,7,11H,3-4,6,8H2,(H,18,19). The average molecular weight is 296 g/mol. The Morgan fingerprint density at radius 1 is 1.50 bits per heavy atom. The van der Waals surface area contributed by atoms with E-state index < -0.39 is 12.1 Å². The molecule has 7 heteroatoms. The van der Waals surface area contributed by atoms with Gasteiger partial charge in [-0.2, -0.15) is 0 Å². The fourth-order valence-electron chi connectivity index (χ4n) is 2.32. The summed E-state index contributed by atoms with van der Waals surface area (Å²) >= 11 is 5.93. The first-order valence-corrected chi connectivity index (χ1v) is 6.69. The second kappa shape index (κ2) is 5.40. The van der Waals surface area contributed by atoms with Crippen LogP contribution in [0.3, 0.4) is 0 Å². The molecule has 1 aliphatic rings. The van der Waals surface area contributed by atoms with E-state index in [4.69, 9.17) is 21.4 Å². The van der Waals surface area contributed by atoms with Gasteiger partial charge in [-0.15, -0.1) is 0 Å². The molecule has 1 unspecified atom stereocenters. The molecule has 1 saturated heterocycles. The Hall–Kier alpha value is -1.63. The lowest BCUT2D eigenvalue weighted by Crippen LogP contribution is -2.45. The molecule has 3 rings (SSSR count). The highest BCUT2D eigenvalue weighted by Crippen LogP contribution is 2.14. The van der Waals surface area contributed by atoms with Crippen LogP contribution in [0.15, 0.2) is 24.5 Å². The van der Waals surface area contributed by atoms with Crippen molar-refractivity contribution >= 4 is 23.2 Å². The first-order chi connectivity index (χ1) is 9.61. The largest absolute Gasteiger partial charge is 0.479 e. The quantitative estimate of drug-likeness (QED) is 0.924. The number of morpholine rings is 1. The molecule has 1 atom stereocenters. The van der Waals surface area contributed by atoms with E-state index in [9.17, 15) is 4.79 Å². The van der Waals surface area contributed by atoms with Crippen molar-refractivity contribution in [3.05, 3.63) is 35.2 Å². The molecule has 0 bridgehead atoms. The van der Waals surface area contributed by atoms with Gasteiger partial charge in [0.25, 0.3) is 0 Å². The third-order valence-electron chi connectivity index (χ3n) is 3.28. The van der Waals surface area contributed by atoms with E-state index >= 15 is 0 Å². The van der Waals surface area contributed by atoms with Gasteiger partial charge in [-0.3, -0.25) is 4.90 Å². The first kappa shape index (κ1) is 13.4. The predicted molar refractivity (Wildman–Crippen MR) is 72.9 cm³/mol. The van der Waals surface area contributed by atoms with Crippen LogP contribution in [0.4, 0.5) is 0 Å². The topological polar surface area (TPSA) is 67.1 Å². The van der Waals surface area contributed by atoms with Gasteiger partial charge in [0.15, 0.2) is 6.10 Å². The molecule has 0 spiro atoms. The molecule has 1 aliphatic heterocycles. The molecular weight excluding hydrogens is 282 g/mol. The second-order valence-corrected chi connectivity index (χ2v) is 5.21. The zero-order valence-corrected chi connectivity index (χ0v) is 11.5. The number of halogens is 1. The monoisotopic (exact) mass is 295 g/mol. The lowest BCUT2D eigenvalue weighted by atomic mass is 10.2. The van der Waals surface area contributed by atoms with Crippen LogP contribution in [-0.2, 0) is 16.1 Å². The summed E-state index contributed by atoms with van der Waals surface area (Å²) in [5.41, 5.74) is 1.71. The van der Waals surface area contributed by atoms with Crippen LogP contribution in [0, 0.1) is 0 Å². The third-order valence-corrected chi connectivity index (χ3v) is 3.50. The molecule has 0 aromatic carbocycles. The Balaban J connectivity index is 1.74. The first-order valence-electron chi connectivity index (χ1n) is 6.32. The molecule has 106 valence electrons. The highest BCUT2D eigenvalue weighted by molar-refractivity contribution is 6.30. The molecule has 6 nitrogen and oxygen atoms in total. The molecule has 1 N–H and O–H groups in total. The van der Waals surface area contributed by atoms with Gasteiger partial charge in [-0.05, 0) is 12.1 Å². The Bertz CT molecular complexity index is 643. The van der Waals surface area contributed by atoms with Crippen LogP contribution in [0.1, 0.15) is 5.69 Å². The predicted octanol–water partition coefficient (Wildman–Crippen LogP) is 1.27. The summed E-state index contributed by atoms with van der Waals surface area (Å²) in [4.78, 5) is 17.5. The van der Waals surface area contributed by atoms with Crippen molar-refractivity contribution in [2.24, 2.45) is 0 Å². The van der Waals surface area contributed by atoms with Crippen molar-refractivity contribution in [3.63, 3.8) is 0 Å². The van der Waals surface area contributed by atoms with Gasteiger partial charge in [0.1, 0.15) is 5.65 Å². The maximum absolute atomic E-state index is 10.9. The smallest absolute Gasteiger partial charge is 0.334 e. The van der Waals surface area contributed by atoms with Crippen LogP contribution >= 0.6 is 11.6 Å². The van der Waals surface area contributed by atoms with E-state index in [-0.39, 0.29) is 0 Å². The Morgan fingerprint density at radius 2 is 2.35 bits per heavy atom. The number of carboxylic acid groups (broad SMARTS) is 1. The fraction of sp³-hybridized carbons (Fsp3) is 0.385. The normalized spacial score (nSPS) is 20.4. The number of fused-ring (bicyclic) bond motifs is 1. The summed E-state index contributed by atoms with van der Waals surface area (Å²) in [6, 6.07) is 3.65. The molecule has 20 heavy (non-hydrogen) atoms. The number of imidazole rings is 1. The molecule has 3 heterocycles. The Labute approximate surface area is 120 Å². The number of pyridine rings is 1. The van der Waals surface area contributed by atoms with Crippen LogP contribution in [-0.4, -0.2) is 51.2 Å². The highest BCUT2D eigenvalue weighted by atomic mass is 35.5. The van der Waals surface area contributed by atoms with Gasteiger partial charge < -0.3 is 14.2 Å². The van der Waals surface area contributed by atoms with E-state index in [1.165, 1.54) is 0 Å². The zero-order chi connectivity index (χ0) is 14.1. The summed E-state index contributed by atoms with van der Waals surface area (Å²) in [6.07, 6.45) is 2.95. The number of rotatable bonds is 3. The van der Waals surface area contributed by atoms with E-state index in [1.54, 1.807) is 12.3 Å². The molecule has 2 aromatic rings. The van der Waals surface area contributed by atoms with Gasteiger partial charge in [-0.25, -0.2) is 9.78 Å². The molecule has 2 aromatic heterocycles. The highest BCUT2D eigenvalue weighted by Gasteiger charge is 2.26. The van der Waals surface area contributed by atoms with Gasteiger partial charge in [0.2, 0.25) is 0 Å². The van der Waals surface area contributed by atoms with Crippen LogP contribution < -0.4 is 0 Å². The van der Waals surface area contributed by atoms with Crippen molar-refractivity contribution in [2.45, 2.75) is 12.6 Å². The van der Waals surface area contributed by atoms with Crippen molar-refractivity contribution in [3.8, 4) is 0 Å². The number of ether oxygens (including phenoxy) is 1. The number of nitrogens with zero attached hydrogens (tertiary/aromatic N) is 3. The zero-order valence-electron chi connectivity index (χ0n) is 10.7. The van der Waals surface area contributed by atoms with Gasteiger partial charge in [0.05, 0.1) is 17.3 Å². The summed E-state index contributed by atoms with van der Waals surface area (Å²) < 4.78 is 7.07. The van der Waals surface area contributed by atoms with Crippen molar-refractivity contribution in [1.29, 1.82) is 0 Å². The number of aliphatic carboxylic acids is 1. The molecule has 0 amide bonds. The van der Waals surface area contributed by atoms with E-state index in [0.29, 0.717) is 31.3 Å². The third kappa shape index (κ3) is 2.77. The molecular formula is C13H14ClN3O3. The summed E-state index contributed by atoms with van der Waals surface area (Å²) in [5.74, 6) is -0.920. The SMILES string of the molecule is O=C(O)C1CN(Cc2cn3cc(Cl)ccc3n2)CCO1. The Morgan fingerprint density at radius 3 is 3.15 bits per heavy atom.